The summed E-state index contributed by atoms with van der Waals surface area (Å²) in [6, 6.07) is 4.48. The Morgan fingerprint density at radius 3 is 2.24 bits per heavy atom. The molecule has 0 aromatic heterocycles. The fourth-order valence-electron chi connectivity index (χ4n) is 6.70. The number of methoxy groups -OCH3 is 5. The topological polar surface area (TPSA) is 142 Å². The molecule has 6 atom stereocenters. The standard InChI is InChI=1S/C31H37NO10/c1-14-28(37-4)18(32)11-21(41-14)42-20-13-31(40-7,15(2)33)12-17-23(20)30(39-6)25-24(29(17)38-5)26(34)16-9-8-10-19(36-3)22(16)27(25)35/h8-10,14,18,20-21,28H,11-13,32H2,1-7H3/t14-,18+,20+,21?,28+,31?/m0/s1. The number of hydrogen-bond donors (Lipinski definition) is 1. The summed E-state index contributed by atoms with van der Waals surface area (Å²) in [4.78, 5) is 41.3. The zero-order valence-corrected chi connectivity index (χ0v) is 24.9. The highest BCUT2D eigenvalue weighted by Crippen LogP contribution is 2.53. The molecule has 5 rings (SSSR count). The molecule has 1 saturated heterocycles. The lowest BCUT2D eigenvalue weighted by Crippen LogP contribution is -2.53. The minimum Gasteiger partial charge on any atom is -0.496 e. The van der Waals surface area contributed by atoms with Gasteiger partial charge in [0.25, 0.3) is 0 Å². The molecule has 11 heteroatoms. The highest BCUT2D eigenvalue weighted by Gasteiger charge is 2.51. The van der Waals surface area contributed by atoms with Crippen LogP contribution in [0.15, 0.2) is 18.2 Å². The summed E-state index contributed by atoms with van der Waals surface area (Å²) in [6.45, 7) is 3.30. The van der Waals surface area contributed by atoms with Gasteiger partial charge in [0.2, 0.25) is 5.78 Å². The highest BCUT2D eigenvalue weighted by atomic mass is 16.7. The van der Waals surface area contributed by atoms with Crippen LogP contribution >= 0.6 is 0 Å². The van der Waals surface area contributed by atoms with E-state index in [1.54, 1.807) is 25.3 Å². The van der Waals surface area contributed by atoms with E-state index < -0.39 is 29.6 Å². The van der Waals surface area contributed by atoms with Gasteiger partial charge in [-0.1, -0.05) is 12.1 Å². The first-order valence-corrected chi connectivity index (χ1v) is 13.8. The first kappa shape index (κ1) is 30.1. The lowest BCUT2D eigenvalue weighted by Gasteiger charge is -2.44. The maximum Gasteiger partial charge on any atom is 0.202 e. The molecular formula is C31H37NO10. The van der Waals surface area contributed by atoms with Crippen LogP contribution in [0.3, 0.4) is 0 Å². The quantitative estimate of drug-likeness (QED) is 0.418. The maximum absolute atomic E-state index is 14.2. The van der Waals surface area contributed by atoms with Gasteiger partial charge in [-0.3, -0.25) is 14.4 Å². The van der Waals surface area contributed by atoms with Gasteiger partial charge in [-0.05, 0) is 19.9 Å². The second-order valence-electron chi connectivity index (χ2n) is 10.9. The predicted molar refractivity (Wildman–Crippen MR) is 150 cm³/mol. The van der Waals surface area contributed by atoms with Gasteiger partial charge in [0.05, 0.1) is 56.3 Å². The SMILES string of the molecule is COc1cccc2c1C(=O)c1c(OC)c3c(c(OC)c1C2=O)CC(OC)(C(C)=O)C[C@H]3OC1C[C@@H](N)[C@H](OC)[C@H](C)O1. The number of carbonyl (C=O) groups is 3. The molecule has 2 N–H and O–H groups in total. The van der Waals surface area contributed by atoms with E-state index in [1.807, 2.05) is 6.92 Å². The Morgan fingerprint density at radius 1 is 0.976 bits per heavy atom. The Labute approximate surface area is 244 Å². The highest BCUT2D eigenvalue weighted by molar-refractivity contribution is 6.31. The van der Waals surface area contributed by atoms with Crippen molar-refractivity contribution < 1.29 is 47.5 Å². The molecule has 0 amide bonds. The lowest BCUT2D eigenvalue weighted by atomic mass is 9.71. The summed E-state index contributed by atoms with van der Waals surface area (Å²) in [7, 11) is 7.32. The second kappa shape index (κ2) is 11.4. The van der Waals surface area contributed by atoms with Crippen LogP contribution in [0.25, 0.3) is 0 Å². The lowest BCUT2D eigenvalue weighted by molar-refractivity contribution is -0.251. The summed E-state index contributed by atoms with van der Waals surface area (Å²) >= 11 is 0. The molecule has 1 fully saturated rings. The maximum atomic E-state index is 14.2. The van der Waals surface area contributed by atoms with E-state index in [9.17, 15) is 14.4 Å². The zero-order chi connectivity index (χ0) is 30.5. The zero-order valence-electron chi connectivity index (χ0n) is 24.9. The van der Waals surface area contributed by atoms with Crippen molar-refractivity contribution in [3.05, 3.63) is 51.6 Å². The first-order valence-electron chi connectivity index (χ1n) is 13.8. The third kappa shape index (κ3) is 4.51. The Bertz CT molecular complexity index is 1430. The minimum atomic E-state index is -1.30. The van der Waals surface area contributed by atoms with Gasteiger partial charge in [0.1, 0.15) is 22.8 Å². The van der Waals surface area contributed by atoms with Crippen molar-refractivity contribution in [3.63, 3.8) is 0 Å². The normalized spacial score (nSPS) is 28.4. The largest absolute Gasteiger partial charge is 0.496 e. The molecule has 226 valence electrons. The summed E-state index contributed by atoms with van der Waals surface area (Å²) in [6.07, 6.45) is -1.81. The van der Waals surface area contributed by atoms with Gasteiger partial charge >= 0.3 is 0 Å². The first-order chi connectivity index (χ1) is 20.1. The Hall–Kier alpha value is -3.35. The van der Waals surface area contributed by atoms with Crippen LogP contribution in [0.5, 0.6) is 17.2 Å². The van der Waals surface area contributed by atoms with Crippen molar-refractivity contribution >= 4 is 17.3 Å². The number of rotatable bonds is 8. The molecule has 2 aromatic carbocycles. The number of carbonyl (C=O) groups excluding carboxylic acids is 3. The Balaban J connectivity index is 1.74. The van der Waals surface area contributed by atoms with E-state index in [0.29, 0.717) is 17.5 Å². The van der Waals surface area contributed by atoms with Crippen molar-refractivity contribution in [2.24, 2.45) is 5.73 Å². The molecule has 0 bridgehead atoms. The molecule has 11 nitrogen and oxygen atoms in total. The summed E-state index contributed by atoms with van der Waals surface area (Å²) in [5.74, 6) is -0.504. The van der Waals surface area contributed by atoms with E-state index in [2.05, 4.69) is 0 Å². The molecule has 1 heterocycles. The number of Topliss-reactive ketones (excluding diaryl/α,β-unsaturated/α-hetero) is 1. The Kier molecular flexibility index (Phi) is 8.16. The second-order valence-corrected chi connectivity index (χ2v) is 10.9. The third-order valence-electron chi connectivity index (χ3n) is 8.76. The van der Waals surface area contributed by atoms with Gasteiger partial charge in [0.15, 0.2) is 17.9 Å². The number of ketones is 3. The van der Waals surface area contributed by atoms with Crippen LogP contribution in [0, 0.1) is 0 Å². The smallest absolute Gasteiger partial charge is 0.202 e. The fourth-order valence-corrected chi connectivity index (χ4v) is 6.70. The van der Waals surface area contributed by atoms with Crippen molar-refractivity contribution in [2.45, 2.75) is 69.4 Å². The fraction of sp³-hybridized carbons (Fsp3) is 0.516. The number of hydrogen-bond acceptors (Lipinski definition) is 11. The average molecular weight is 584 g/mol. The van der Waals surface area contributed by atoms with Crippen LogP contribution in [0.4, 0.5) is 0 Å². The molecule has 0 spiro atoms. The van der Waals surface area contributed by atoms with Crippen molar-refractivity contribution in [3.8, 4) is 17.2 Å². The predicted octanol–water partition coefficient (Wildman–Crippen LogP) is 2.94. The van der Waals surface area contributed by atoms with E-state index >= 15 is 0 Å². The number of ether oxygens (including phenoxy) is 7. The van der Waals surface area contributed by atoms with Crippen molar-refractivity contribution in [1.29, 1.82) is 0 Å². The number of fused-ring (bicyclic) bond motifs is 3. The van der Waals surface area contributed by atoms with Crippen LogP contribution in [-0.4, -0.2) is 83.0 Å². The molecule has 0 saturated carbocycles. The van der Waals surface area contributed by atoms with Gasteiger partial charge < -0.3 is 38.9 Å². The van der Waals surface area contributed by atoms with E-state index in [-0.39, 0.29) is 76.4 Å². The van der Waals surface area contributed by atoms with Crippen LogP contribution < -0.4 is 19.9 Å². The summed E-state index contributed by atoms with van der Waals surface area (Å²) in [5, 5.41) is 0. The molecule has 2 aromatic rings. The minimum absolute atomic E-state index is 0.0468. The van der Waals surface area contributed by atoms with Gasteiger partial charge in [-0.25, -0.2) is 0 Å². The van der Waals surface area contributed by atoms with Crippen LogP contribution in [0.1, 0.15) is 75.8 Å². The van der Waals surface area contributed by atoms with E-state index in [0.717, 1.165) is 0 Å². The van der Waals surface area contributed by atoms with Crippen LogP contribution in [-0.2, 0) is 30.2 Å². The molecule has 2 aliphatic carbocycles. The van der Waals surface area contributed by atoms with Crippen molar-refractivity contribution in [1.82, 2.24) is 0 Å². The van der Waals surface area contributed by atoms with E-state index in [4.69, 9.17) is 38.9 Å². The average Bonchev–Trinajstić information content (AvgIpc) is 2.97. The Morgan fingerprint density at radius 2 is 1.67 bits per heavy atom. The van der Waals surface area contributed by atoms with Crippen LogP contribution in [0.2, 0.25) is 0 Å². The van der Waals surface area contributed by atoms with E-state index in [1.165, 1.54) is 35.4 Å². The summed E-state index contributed by atoms with van der Waals surface area (Å²) < 4.78 is 41.3. The van der Waals surface area contributed by atoms with Gasteiger partial charge in [-0.2, -0.15) is 0 Å². The third-order valence-corrected chi connectivity index (χ3v) is 8.76. The molecule has 1 aliphatic heterocycles. The monoisotopic (exact) mass is 583 g/mol. The molecular weight excluding hydrogens is 546 g/mol. The molecule has 42 heavy (non-hydrogen) atoms. The van der Waals surface area contributed by atoms with Gasteiger partial charge in [0, 0.05) is 56.2 Å². The molecule has 2 unspecified atom stereocenters. The van der Waals surface area contributed by atoms with Crippen molar-refractivity contribution in [2.75, 3.05) is 35.5 Å². The number of nitrogens with two attached hydrogens (primary N) is 1. The molecule has 0 radical (unpaired) electrons. The summed E-state index contributed by atoms with van der Waals surface area (Å²) in [5.41, 5.74) is 6.49. The molecule has 3 aliphatic rings. The van der Waals surface area contributed by atoms with Gasteiger partial charge in [-0.15, -0.1) is 0 Å². The number of benzene rings is 2.